The van der Waals surface area contributed by atoms with Gasteiger partial charge in [-0.05, 0) is 43.2 Å². The number of aryl methyl sites for hydroxylation is 2. The number of halogens is 1. The summed E-state index contributed by atoms with van der Waals surface area (Å²) in [5.41, 5.74) is 2.41. The van der Waals surface area contributed by atoms with E-state index in [1.54, 1.807) is 12.1 Å². The second-order valence-corrected chi connectivity index (χ2v) is 3.93. The average Bonchev–Trinajstić information content (AvgIpc) is 2.27. The molecular weight excluding hydrogens is 224 g/mol. The molecule has 0 atom stereocenters. The topological polar surface area (TPSA) is 35.0 Å². The quantitative estimate of drug-likeness (QED) is 0.797. The smallest absolute Gasteiger partial charge is 0.238 e. The zero-order valence-corrected chi connectivity index (χ0v) is 9.82. The maximum atomic E-state index is 5.63. The van der Waals surface area contributed by atoms with Gasteiger partial charge in [-0.25, -0.2) is 0 Å². The molecule has 82 valence electrons. The molecule has 4 heteroatoms. The number of ether oxygens (including phenoxy) is 1. The molecule has 2 rings (SSSR count). The Morgan fingerprint density at radius 2 is 1.81 bits per heavy atom. The van der Waals surface area contributed by atoms with Crippen LogP contribution in [0.1, 0.15) is 11.1 Å². The van der Waals surface area contributed by atoms with Crippen LogP contribution in [0.4, 0.5) is 0 Å². The fourth-order valence-corrected chi connectivity index (χ4v) is 1.36. The van der Waals surface area contributed by atoms with Crippen molar-refractivity contribution in [2.45, 2.75) is 13.8 Å². The van der Waals surface area contributed by atoms with Crippen molar-refractivity contribution >= 4 is 11.6 Å². The molecule has 0 saturated heterocycles. The summed E-state index contributed by atoms with van der Waals surface area (Å²) in [5.74, 6) is 1.19. The van der Waals surface area contributed by atoms with Crippen molar-refractivity contribution in [2.75, 3.05) is 0 Å². The summed E-state index contributed by atoms with van der Waals surface area (Å²) in [6.07, 6.45) is 0. The fourth-order valence-electron chi connectivity index (χ4n) is 1.26. The predicted molar refractivity (Wildman–Crippen MR) is 63.0 cm³/mol. The molecule has 0 aliphatic rings. The second kappa shape index (κ2) is 4.49. The molecule has 0 bridgehead atoms. The van der Waals surface area contributed by atoms with Crippen molar-refractivity contribution in [3.05, 3.63) is 46.6 Å². The van der Waals surface area contributed by atoms with Gasteiger partial charge in [-0.3, -0.25) is 0 Å². The maximum Gasteiger partial charge on any atom is 0.238 e. The van der Waals surface area contributed by atoms with E-state index in [1.165, 1.54) is 11.1 Å². The van der Waals surface area contributed by atoms with E-state index in [1.807, 2.05) is 25.1 Å². The Kier molecular flexibility index (Phi) is 3.06. The lowest BCUT2D eigenvalue weighted by Crippen LogP contribution is -1.91. The summed E-state index contributed by atoms with van der Waals surface area (Å²) < 4.78 is 5.54. The SMILES string of the molecule is Cc1ccc(Oc2ccc(Cl)nn2)cc1C. The van der Waals surface area contributed by atoms with E-state index in [0.29, 0.717) is 11.0 Å². The predicted octanol–water partition coefficient (Wildman–Crippen LogP) is 3.54. The van der Waals surface area contributed by atoms with Crippen LogP contribution in [0, 0.1) is 13.8 Å². The van der Waals surface area contributed by atoms with Crippen LogP contribution in [-0.2, 0) is 0 Å². The van der Waals surface area contributed by atoms with E-state index in [-0.39, 0.29) is 0 Å². The van der Waals surface area contributed by atoms with Crippen LogP contribution >= 0.6 is 11.6 Å². The minimum atomic E-state index is 0.354. The van der Waals surface area contributed by atoms with Crippen LogP contribution in [-0.4, -0.2) is 10.2 Å². The van der Waals surface area contributed by atoms with E-state index in [2.05, 4.69) is 17.1 Å². The van der Waals surface area contributed by atoms with Gasteiger partial charge in [0, 0.05) is 6.07 Å². The molecule has 2 aromatic rings. The highest BCUT2D eigenvalue weighted by Gasteiger charge is 2.01. The Morgan fingerprint density at radius 3 is 2.44 bits per heavy atom. The Balaban J connectivity index is 2.20. The van der Waals surface area contributed by atoms with Crippen LogP contribution < -0.4 is 4.74 Å². The van der Waals surface area contributed by atoms with E-state index in [9.17, 15) is 0 Å². The third-order valence-electron chi connectivity index (χ3n) is 2.31. The van der Waals surface area contributed by atoms with Crippen molar-refractivity contribution in [1.82, 2.24) is 10.2 Å². The molecule has 16 heavy (non-hydrogen) atoms. The van der Waals surface area contributed by atoms with Crippen molar-refractivity contribution in [3.63, 3.8) is 0 Å². The monoisotopic (exact) mass is 234 g/mol. The van der Waals surface area contributed by atoms with Gasteiger partial charge in [0.1, 0.15) is 5.75 Å². The van der Waals surface area contributed by atoms with Gasteiger partial charge in [0.15, 0.2) is 5.15 Å². The molecule has 0 aliphatic heterocycles. The lowest BCUT2D eigenvalue weighted by atomic mass is 10.1. The normalized spacial score (nSPS) is 10.2. The van der Waals surface area contributed by atoms with E-state index in [0.717, 1.165) is 5.75 Å². The summed E-state index contributed by atoms with van der Waals surface area (Å²) in [6, 6.07) is 9.20. The Bertz CT molecular complexity index is 497. The van der Waals surface area contributed by atoms with Gasteiger partial charge in [-0.2, -0.15) is 0 Å². The standard InChI is InChI=1S/C12H11ClN2O/c1-8-3-4-10(7-9(8)2)16-12-6-5-11(13)14-15-12/h3-7H,1-2H3. The van der Waals surface area contributed by atoms with Crippen LogP contribution in [0.5, 0.6) is 11.6 Å². The van der Waals surface area contributed by atoms with Crippen LogP contribution in [0.2, 0.25) is 5.15 Å². The van der Waals surface area contributed by atoms with Crippen molar-refractivity contribution in [1.29, 1.82) is 0 Å². The first-order valence-corrected chi connectivity index (χ1v) is 5.27. The van der Waals surface area contributed by atoms with Crippen LogP contribution in [0.3, 0.4) is 0 Å². The number of benzene rings is 1. The first-order chi connectivity index (χ1) is 7.65. The van der Waals surface area contributed by atoms with Gasteiger partial charge in [0.05, 0.1) is 0 Å². The third kappa shape index (κ3) is 2.49. The number of aromatic nitrogens is 2. The molecule has 0 N–H and O–H groups in total. The van der Waals surface area contributed by atoms with Gasteiger partial charge in [0.25, 0.3) is 0 Å². The first-order valence-electron chi connectivity index (χ1n) is 4.89. The molecule has 3 nitrogen and oxygen atoms in total. The highest BCUT2D eigenvalue weighted by molar-refractivity contribution is 6.29. The summed E-state index contributed by atoms with van der Waals surface area (Å²) in [5, 5.41) is 7.88. The average molecular weight is 235 g/mol. The van der Waals surface area contributed by atoms with Gasteiger partial charge in [0.2, 0.25) is 5.88 Å². The minimum Gasteiger partial charge on any atom is -0.438 e. The van der Waals surface area contributed by atoms with E-state index >= 15 is 0 Å². The number of hydrogen-bond donors (Lipinski definition) is 0. The van der Waals surface area contributed by atoms with Gasteiger partial charge in [-0.15, -0.1) is 10.2 Å². The Labute approximate surface area is 99.0 Å². The zero-order chi connectivity index (χ0) is 11.5. The highest BCUT2D eigenvalue weighted by atomic mass is 35.5. The lowest BCUT2D eigenvalue weighted by molar-refractivity contribution is 0.455. The van der Waals surface area contributed by atoms with E-state index in [4.69, 9.17) is 16.3 Å². The minimum absolute atomic E-state index is 0.354. The first kappa shape index (κ1) is 10.9. The molecule has 1 heterocycles. The zero-order valence-electron chi connectivity index (χ0n) is 9.07. The maximum absolute atomic E-state index is 5.63. The van der Waals surface area contributed by atoms with Crippen LogP contribution in [0.25, 0.3) is 0 Å². The third-order valence-corrected chi connectivity index (χ3v) is 2.51. The molecule has 0 amide bonds. The van der Waals surface area contributed by atoms with E-state index < -0.39 is 0 Å². The summed E-state index contributed by atoms with van der Waals surface area (Å²) >= 11 is 5.63. The van der Waals surface area contributed by atoms with Gasteiger partial charge >= 0.3 is 0 Å². The summed E-state index contributed by atoms with van der Waals surface area (Å²) in [4.78, 5) is 0. The molecule has 1 aromatic carbocycles. The fraction of sp³-hybridized carbons (Fsp3) is 0.167. The number of nitrogens with zero attached hydrogens (tertiary/aromatic N) is 2. The van der Waals surface area contributed by atoms with Gasteiger partial charge < -0.3 is 4.74 Å². The Morgan fingerprint density at radius 1 is 1.00 bits per heavy atom. The summed E-state index contributed by atoms with van der Waals surface area (Å²) in [6.45, 7) is 4.09. The number of hydrogen-bond acceptors (Lipinski definition) is 3. The molecule has 0 aliphatic carbocycles. The van der Waals surface area contributed by atoms with Crippen molar-refractivity contribution < 1.29 is 4.74 Å². The largest absolute Gasteiger partial charge is 0.438 e. The van der Waals surface area contributed by atoms with Crippen molar-refractivity contribution in [2.24, 2.45) is 0 Å². The number of rotatable bonds is 2. The molecule has 1 aromatic heterocycles. The Hall–Kier alpha value is -1.61. The molecule has 0 radical (unpaired) electrons. The lowest BCUT2D eigenvalue weighted by Gasteiger charge is -2.06. The van der Waals surface area contributed by atoms with Crippen LogP contribution in [0.15, 0.2) is 30.3 Å². The van der Waals surface area contributed by atoms with Crippen molar-refractivity contribution in [3.8, 4) is 11.6 Å². The molecule has 0 unspecified atom stereocenters. The highest BCUT2D eigenvalue weighted by Crippen LogP contribution is 2.21. The molecule has 0 spiro atoms. The van der Waals surface area contributed by atoms with Gasteiger partial charge in [-0.1, -0.05) is 17.7 Å². The second-order valence-electron chi connectivity index (χ2n) is 3.54. The molecular formula is C12H11ClN2O. The molecule has 0 saturated carbocycles. The molecule has 0 fully saturated rings. The summed E-state index contributed by atoms with van der Waals surface area (Å²) in [7, 11) is 0.